The van der Waals surface area contributed by atoms with Crippen LogP contribution >= 0.6 is 12.2 Å². The number of halogens is 3. The van der Waals surface area contributed by atoms with E-state index in [2.05, 4.69) is 5.32 Å². The average molecular weight is 291 g/mol. The zero-order valence-electron chi connectivity index (χ0n) is 9.87. The van der Waals surface area contributed by atoms with Gasteiger partial charge in [0.2, 0.25) is 0 Å². The Morgan fingerprint density at radius 3 is 2.89 bits per heavy atom. The summed E-state index contributed by atoms with van der Waals surface area (Å²) in [4.78, 5) is 0. The molecule has 0 spiro atoms. The van der Waals surface area contributed by atoms with Gasteiger partial charge in [0.05, 0.1) is 5.56 Å². The maximum Gasteiger partial charge on any atom is 0.416 e. The Balaban J connectivity index is 1.94. The highest BCUT2D eigenvalue weighted by Gasteiger charge is 2.30. The summed E-state index contributed by atoms with van der Waals surface area (Å²) in [5.74, 6) is 0.169. The summed E-state index contributed by atoms with van der Waals surface area (Å²) in [5, 5.41) is 3.14. The van der Waals surface area contributed by atoms with Gasteiger partial charge in [0, 0.05) is 13.0 Å². The van der Waals surface area contributed by atoms with Crippen molar-refractivity contribution in [3.8, 4) is 5.75 Å². The summed E-state index contributed by atoms with van der Waals surface area (Å²) in [6, 6.07) is 4.77. The van der Waals surface area contributed by atoms with E-state index < -0.39 is 11.7 Å². The first-order valence-corrected chi connectivity index (χ1v) is 6.10. The third-order valence-electron chi connectivity index (χ3n) is 2.61. The van der Waals surface area contributed by atoms with Gasteiger partial charge in [-0.15, -0.1) is 0 Å². The number of alkyl halides is 3. The maximum absolute atomic E-state index is 12.5. The SMILES string of the molecule is FC(F)(F)c1cccc(OCC2CCNC(=S)O2)c1. The lowest BCUT2D eigenvalue weighted by molar-refractivity contribution is -0.137. The van der Waals surface area contributed by atoms with Crippen molar-refractivity contribution in [1.29, 1.82) is 0 Å². The Bertz CT molecular complexity index is 465. The normalized spacial score (nSPS) is 19.5. The standard InChI is InChI=1S/C12H12F3NO2S/c13-12(14,15)8-2-1-3-9(6-8)17-7-10-4-5-16-11(19)18-10/h1-3,6,10H,4-5,7H2,(H,16,19). The topological polar surface area (TPSA) is 30.5 Å². The molecule has 104 valence electrons. The fourth-order valence-corrected chi connectivity index (χ4v) is 1.89. The summed E-state index contributed by atoms with van der Waals surface area (Å²) < 4.78 is 48.1. The second-order valence-electron chi connectivity index (χ2n) is 4.08. The lowest BCUT2D eigenvalue weighted by Crippen LogP contribution is -2.40. The molecular weight excluding hydrogens is 279 g/mol. The minimum Gasteiger partial charge on any atom is -0.490 e. The minimum atomic E-state index is -4.37. The van der Waals surface area contributed by atoms with Crippen LogP contribution in [-0.4, -0.2) is 24.4 Å². The van der Waals surface area contributed by atoms with Crippen molar-refractivity contribution in [2.24, 2.45) is 0 Å². The smallest absolute Gasteiger partial charge is 0.416 e. The lowest BCUT2D eigenvalue weighted by atomic mass is 10.2. The molecule has 0 saturated carbocycles. The molecule has 7 heteroatoms. The Morgan fingerprint density at radius 2 is 2.21 bits per heavy atom. The van der Waals surface area contributed by atoms with Gasteiger partial charge in [-0.3, -0.25) is 0 Å². The first-order valence-electron chi connectivity index (χ1n) is 5.70. The van der Waals surface area contributed by atoms with Gasteiger partial charge in [-0.2, -0.15) is 13.2 Å². The van der Waals surface area contributed by atoms with E-state index in [1.165, 1.54) is 12.1 Å². The van der Waals surface area contributed by atoms with Crippen molar-refractivity contribution in [3.05, 3.63) is 29.8 Å². The number of rotatable bonds is 3. The number of benzene rings is 1. The molecular formula is C12H12F3NO2S. The molecule has 1 heterocycles. The van der Waals surface area contributed by atoms with Crippen LogP contribution in [0.4, 0.5) is 13.2 Å². The number of ether oxygens (including phenoxy) is 2. The molecule has 1 aromatic rings. The summed E-state index contributed by atoms with van der Waals surface area (Å²) in [7, 11) is 0. The van der Waals surface area contributed by atoms with Gasteiger partial charge >= 0.3 is 6.18 Å². The van der Waals surface area contributed by atoms with Crippen LogP contribution in [0.1, 0.15) is 12.0 Å². The Hall–Kier alpha value is -1.50. The molecule has 1 fully saturated rings. The number of thiocarbonyl (C=S) groups is 1. The molecule has 1 unspecified atom stereocenters. The van der Waals surface area contributed by atoms with Gasteiger partial charge in [-0.1, -0.05) is 6.07 Å². The highest BCUT2D eigenvalue weighted by atomic mass is 32.1. The first kappa shape index (κ1) is 13.9. The zero-order chi connectivity index (χ0) is 13.9. The number of nitrogens with one attached hydrogen (secondary N) is 1. The van der Waals surface area contributed by atoms with Crippen molar-refractivity contribution in [3.63, 3.8) is 0 Å². The summed E-state index contributed by atoms with van der Waals surface area (Å²) in [6.45, 7) is 0.846. The minimum absolute atomic E-state index is 0.169. The fourth-order valence-electron chi connectivity index (χ4n) is 1.66. The van der Waals surface area contributed by atoms with Crippen LogP contribution < -0.4 is 10.1 Å². The molecule has 0 aliphatic carbocycles. The molecule has 0 aromatic heterocycles. The van der Waals surface area contributed by atoms with Crippen LogP contribution in [-0.2, 0) is 10.9 Å². The van der Waals surface area contributed by atoms with Crippen LogP contribution in [0.5, 0.6) is 5.75 Å². The van der Waals surface area contributed by atoms with E-state index in [0.717, 1.165) is 12.1 Å². The van der Waals surface area contributed by atoms with Crippen LogP contribution in [0, 0.1) is 0 Å². The van der Waals surface area contributed by atoms with Crippen molar-refractivity contribution in [2.45, 2.75) is 18.7 Å². The van der Waals surface area contributed by atoms with Crippen LogP contribution in [0.3, 0.4) is 0 Å². The molecule has 19 heavy (non-hydrogen) atoms. The molecule has 1 aliphatic rings. The fraction of sp³-hybridized carbons (Fsp3) is 0.417. The van der Waals surface area contributed by atoms with Crippen molar-refractivity contribution < 1.29 is 22.6 Å². The van der Waals surface area contributed by atoms with E-state index in [9.17, 15) is 13.2 Å². The van der Waals surface area contributed by atoms with E-state index >= 15 is 0 Å². The van der Waals surface area contributed by atoms with Gasteiger partial charge in [-0.05, 0) is 30.4 Å². The quantitative estimate of drug-likeness (QED) is 0.868. The van der Waals surface area contributed by atoms with E-state index in [1.54, 1.807) is 0 Å². The summed E-state index contributed by atoms with van der Waals surface area (Å²) >= 11 is 4.85. The molecule has 3 nitrogen and oxygen atoms in total. The van der Waals surface area contributed by atoms with Crippen molar-refractivity contribution >= 4 is 17.4 Å². The second kappa shape index (κ2) is 5.64. The maximum atomic E-state index is 12.5. The molecule has 0 bridgehead atoms. The van der Waals surface area contributed by atoms with E-state index in [4.69, 9.17) is 21.7 Å². The predicted molar refractivity (Wildman–Crippen MR) is 67.0 cm³/mol. The van der Waals surface area contributed by atoms with Gasteiger partial charge in [0.15, 0.2) is 0 Å². The highest BCUT2D eigenvalue weighted by molar-refractivity contribution is 7.80. The average Bonchev–Trinajstić information content (AvgIpc) is 2.36. The third kappa shape index (κ3) is 3.99. The van der Waals surface area contributed by atoms with E-state index in [1.807, 2.05) is 0 Å². The van der Waals surface area contributed by atoms with Gasteiger partial charge in [-0.25, -0.2) is 0 Å². The molecule has 1 aromatic carbocycles. The van der Waals surface area contributed by atoms with Gasteiger partial charge in [0.1, 0.15) is 18.5 Å². The molecule has 1 aliphatic heterocycles. The van der Waals surface area contributed by atoms with Crippen LogP contribution in [0.25, 0.3) is 0 Å². The Labute approximate surface area is 113 Å². The van der Waals surface area contributed by atoms with E-state index in [-0.39, 0.29) is 18.5 Å². The summed E-state index contributed by atoms with van der Waals surface area (Å²) in [6.07, 6.45) is -3.91. The zero-order valence-corrected chi connectivity index (χ0v) is 10.7. The lowest BCUT2D eigenvalue weighted by Gasteiger charge is -2.25. The van der Waals surface area contributed by atoms with Crippen molar-refractivity contribution in [1.82, 2.24) is 5.32 Å². The van der Waals surface area contributed by atoms with Gasteiger partial charge < -0.3 is 14.8 Å². The molecule has 1 atom stereocenters. The van der Waals surface area contributed by atoms with Crippen molar-refractivity contribution in [2.75, 3.05) is 13.2 Å². The Morgan fingerprint density at radius 1 is 1.42 bits per heavy atom. The molecule has 1 saturated heterocycles. The number of hydrogen-bond donors (Lipinski definition) is 1. The third-order valence-corrected chi connectivity index (χ3v) is 2.85. The highest BCUT2D eigenvalue weighted by Crippen LogP contribution is 2.31. The Kier molecular flexibility index (Phi) is 4.14. The van der Waals surface area contributed by atoms with Crippen LogP contribution in [0.15, 0.2) is 24.3 Å². The van der Waals surface area contributed by atoms with E-state index in [0.29, 0.717) is 18.1 Å². The second-order valence-corrected chi connectivity index (χ2v) is 4.45. The predicted octanol–water partition coefficient (Wildman–Crippen LogP) is 2.75. The molecule has 0 radical (unpaired) electrons. The van der Waals surface area contributed by atoms with Crippen LogP contribution in [0.2, 0.25) is 0 Å². The monoisotopic (exact) mass is 291 g/mol. The molecule has 0 amide bonds. The first-order chi connectivity index (χ1) is 8.95. The van der Waals surface area contributed by atoms with Gasteiger partial charge in [0.25, 0.3) is 5.17 Å². The molecule has 2 rings (SSSR count). The largest absolute Gasteiger partial charge is 0.490 e. The summed E-state index contributed by atoms with van der Waals surface area (Å²) in [5.41, 5.74) is -0.730. The number of hydrogen-bond acceptors (Lipinski definition) is 3. The molecule has 1 N–H and O–H groups in total.